The fraction of sp³-hybridized carbons (Fsp3) is 0.182. The van der Waals surface area contributed by atoms with Crippen LogP contribution in [0.15, 0.2) is 29.0 Å². The Balaban J connectivity index is 1.82. The van der Waals surface area contributed by atoms with Crippen LogP contribution in [-0.2, 0) is 12.8 Å². The van der Waals surface area contributed by atoms with E-state index in [9.17, 15) is 0 Å². The molecule has 3 aromatic rings. The fourth-order valence-corrected chi connectivity index (χ4v) is 3.21. The number of nitrogens with zero attached hydrogens (tertiary/aromatic N) is 4. The predicted molar refractivity (Wildman–Crippen MR) is 74.6 cm³/mol. The van der Waals surface area contributed by atoms with Gasteiger partial charge in [0.05, 0.1) is 11.6 Å². The fourth-order valence-electron chi connectivity index (χ4n) is 1.62. The summed E-state index contributed by atoms with van der Waals surface area (Å²) in [7, 11) is 1.90. The minimum absolute atomic E-state index is 0.551. The van der Waals surface area contributed by atoms with E-state index in [2.05, 4.69) is 15.1 Å². The molecule has 0 bridgehead atoms. The number of aromatic nitrogens is 4. The Labute approximate surface area is 112 Å². The van der Waals surface area contributed by atoms with Gasteiger partial charge >= 0.3 is 0 Å². The first-order chi connectivity index (χ1) is 8.72. The average Bonchev–Trinajstić information content (AvgIpc) is 2.95. The maximum atomic E-state index is 5.90. The van der Waals surface area contributed by atoms with Crippen molar-refractivity contribution < 1.29 is 0 Å². The van der Waals surface area contributed by atoms with E-state index < -0.39 is 0 Å². The molecular formula is C11H11N5S2. The summed E-state index contributed by atoms with van der Waals surface area (Å²) in [6.45, 7) is 0. The highest BCUT2D eigenvalue weighted by Gasteiger charge is 2.07. The highest BCUT2D eigenvalue weighted by Crippen LogP contribution is 2.27. The highest BCUT2D eigenvalue weighted by molar-refractivity contribution is 7.98. The van der Waals surface area contributed by atoms with Crippen molar-refractivity contribution >= 4 is 39.1 Å². The molecule has 0 aromatic carbocycles. The lowest BCUT2D eigenvalue weighted by Crippen LogP contribution is -1.95. The van der Waals surface area contributed by atoms with Crippen molar-refractivity contribution in [2.24, 2.45) is 7.05 Å². The van der Waals surface area contributed by atoms with Gasteiger partial charge in [-0.15, -0.1) is 11.3 Å². The van der Waals surface area contributed by atoms with Gasteiger partial charge in [-0.05, 0) is 11.4 Å². The number of thiophene rings is 1. The van der Waals surface area contributed by atoms with Crippen molar-refractivity contribution in [3.63, 3.8) is 0 Å². The summed E-state index contributed by atoms with van der Waals surface area (Å²) >= 11 is 3.15. The Hall–Kier alpha value is -1.60. The van der Waals surface area contributed by atoms with Gasteiger partial charge in [0.1, 0.15) is 10.6 Å². The molecule has 0 fully saturated rings. The smallest absolute Gasteiger partial charge is 0.191 e. The molecule has 18 heavy (non-hydrogen) atoms. The van der Waals surface area contributed by atoms with E-state index in [4.69, 9.17) is 5.73 Å². The Morgan fingerprint density at radius 2 is 2.33 bits per heavy atom. The van der Waals surface area contributed by atoms with E-state index in [0.717, 1.165) is 21.5 Å². The van der Waals surface area contributed by atoms with Crippen LogP contribution in [-0.4, -0.2) is 19.7 Å². The van der Waals surface area contributed by atoms with Crippen molar-refractivity contribution in [1.29, 1.82) is 0 Å². The second kappa shape index (κ2) is 4.58. The van der Waals surface area contributed by atoms with Crippen molar-refractivity contribution in [2.45, 2.75) is 10.9 Å². The normalized spacial score (nSPS) is 11.2. The molecule has 0 aliphatic carbocycles. The topological polar surface area (TPSA) is 69.6 Å². The number of nitrogen functional groups attached to an aromatic ring is 1. The van der Waals surface area contributed by atoms with Gasteiger partial charge in [-0.3, -0.25) is 4.68 Å². The summed E-state index contributed by atoms with van der Waals surface area (Å²) in [4.78, 5) is 9.73. The number of thioether (sulfide) groups is 1. The molecule has 3 rings (SSSR count). The van der Waals surface area contributed by atoms with Crippen LogP contribution >= 0.6 is 23.1 Å². The number of fused-ring (bicyclic) bond motifs is 1. The standard InChI is InChI=1S/C11H11N5S2/c1-16-5-7(4-13-16)6-18-11-14-9(12)8-2-3-17-10(8)15-11/h2-5H,6H2,1H3,(H2,12,14,15). The van der Waals surface area contributed by atoms with E-state index in [-0.39, 0.29) is 0 Å². The third kappa shape index (κ3) is 2.19. The number of hydrogen-bond donors (Lipinski definition) is 1. The van der Waals surface area contributed by atoms with Crippen LogP contribution in [0.1, 0.15) is 5.56 Å². The van der Waals surface area contributed by atoms with Crippen molar-refractivity contribution in [3.05, 3.63) is 29.4 Å². The van der Waals surface area contributed by atoms with Crippen LogP contribution in [0, 0.1) is 0 Å². The van der Waals surface area contributed by atoms with Gasteiger partial charge in [-0.2, -0.15) is 5.10 Å². The Kier molecular flexibility index (Phi) is 2.92. The average molecular weight is 277 g/mol. The van der Waals surface area contributed by atoms with Gasteiger partial charge in [0.2, 0.25) is 0 Å². The van der Waals surface area contributed by atoms with Gasteiger partial charge in [0, 0.05) is 24.6 Å². The van der Waals surface area contributed by atoms with E-state index in [1.165, 1.54) is 0 Å². The molecule has 2 N–H and O–H groups in total. The number of aryl methyl sites for hydroxylation is 1. The second-order valence-corrected chi connectivity index (χ2v) is 5.68. The zero-order chi connectivity index (χ0) is 12.5. The van der Waals surface area contributed by atoms with Gasteiger partial charge in [-0.25, -0.2) is 9.97 Å². The van der Waals surface area contributed by atoms with Crippen molar-refractivity contribution in [2.75, 3.05) is 5.73 Å². The second-order valence-electron chi connectivity index (χ2n) is 3.84. The van der Waals surface area contributed by atoms with E-state index in [0.29, 0.717) is 11.0 Å². The lowest BCUT2D eigenvalue weighted by atomic mass is 10.4. The monoisotopic (exact) mass is 277 g/mol. The van der Waals surface area contributed by atoms with E-state index in [1.54, 1.807) is 27.8 Å². The maximum absolute atomic E-state index is 5.90. The number of rotatable bonds is 3. The zero-order valence-corrected chi connectivity index (χ0v) is 11.3. The molecule has 0 unspecified atom stereocenters. The van der Waals surface area contributed by atoms with Crippen LogP contribution in [0.5, 0.6) is 0 Å². The molecule has 5 nitrogen and oxygen atoms in total. The molecule has 0 aliphatic rings. The first kappa shape index (κ1) is 11.5. The minimum Gasteiger partial charge on any atom is -0.383 e. The molecule has 0 radical (unpaired) electrons. The Morgan fingerprint density at radius 1 is 1.44 bits per heavy atom. The number of anilines is 1. The third-order valence-corrected chi connectivity index (χ3v) is 4.19. The third-order valence-electron chi connectivity index (χ3n) is 2.46. The summed E-state index contributed by atoms with van der Waals surface area (Å²) in [5.74, 6) is 1.35. The van der Waals surface area contributed by atoms with Crippen LogP contribution in [0.25, 0.3) is 10.2 Å². The molecule has 0 amide bonds. The van der Waals surface area contributed by atoms with Gasteiger partial charge < -0.3 is 5.73 Å². The summed E-state index contributed by atoms with van der Waals surface area (Å²) in [6.07, 6.45) is 3.83. The molecule has 0 saturated carbocycles. The Morgan fingerprint density at radius 3 is 3.11 bits per heavy atom. The van der Waals surface area contributed by atoms with Gasteiger partial charge in [0.15, 0.2) is 5.16 Å². The SMILES string of the molecule is Cn1cc(CSc2nc(N)c3ccsc3n2)cn1. The van der Waals surface area contributed by atoms with E-state index in [1.807, 2.05) is 30.9 Å². The molecular weight excluding hydrogens is 266 g/mol. The largest absolute Gasteiger partial charge is 0.383 e. The molecule has 92 valence electrons. The summed E-state index contributed by atoms with van der Waals surface area (Å²) in [5, 5.41) is 7.76. The summed E-state index contributed by atoms with van der Waals surface area (Å²) in [6, 6.07) is 1.95. The van der Waals surface area contributed by atoms with Crippen LogP contribution < -0.4 is 5.73 Å². The van der Waals surface area contributed by atoms with Gasteiger partial charge in [0.25, 0.3) is 0 Å². The van der Waals surface area contributed by atoms with Crippen LogP contribution in [0.2, 0.25) is 0 Å². The highest BCUT2D eigenvalue weighted by atomic mass is 32.2. The summed E-state index contributed by atoms with van der Waals surface area (Å²) < 4.78 is 1.79. The quantitative estimate of drug-likeness (QED) is 0.587. The molecule has 0 spiro atoms. The van der Waals surface area contributed by atoms with Crippen LogP contribution in [0.3, 0.4) is 0 Å². The predicted octanol–water partition coefficient (Wildman–Crippen LogP) is 2.30. The van der Waals surface area contributed by atoms with Crippen molar-refractivity contribution in [3.8, 4) is 0 Å². The number of hydrogen-bond acceptors (Lipinski definition) is 6. The van der Waals surface area contributed by atoms with Gasteiger partial charge in [-0.1, -0.05) is 11.8 Å². The minimum atomic E-state index is 0.551. The molecule has 0 saturated heterocycles. The first-order valence-electron chi connectivity index (χ1n) is 5.33. The van der Waals surface area contributed by atoms with Crippen LogP contribution in [0.4, 0.5) is 5.82 Å². The van der Waals surface area contributed by atoms with E-state index >= 15 is 0 Å². The lowest BCUT2D eigenvalue weighted by molar-refractivity contribution is 0.767. The van der Waals surface area contributed by atoms with Crippen molar-refractivity contribution in [1.82, 2.24) is 19.7 Å². The lowest BCUT2D eigenvalue weighted by Gasteiger charge is -2.00. The molecule has 0 aliphatic heterocycles. The number of nitrogens with two attached hydrogens (primary N) is 1. The maximum Gasteiger partial charge on any atom is 0.191 e. The summed E-state index contributed by atoms with van der Waals surface area (Å²) in [5.41, 5.74) is 7.05. The molecule has 0 atom stereocenters. The Bertz CT molecular complexity index is 688. The molecule has 7 heteroatoms. The first-order valence-corrected chi connectivity index (χ1v) is 7.20. The zero-order valence-electron chi connectivity index (χ0n) is 9.70. The molecule has 3 aromatic heterocycles. The molecule has 3 heterocycles.